The summed E-state index contributed by atoms with van der Waals surface area (Å²) in [6.07, 6.45) is 0. The summed E-state index contributed by atoms with van der Waals surface area (Å²) in [4.78, 5) is 1.07. The van der Waals surface area contributed by atoms with Gasteiger partial charge in [0.05, 0.1) is 10.0 Å². The van der Waals surface area contributed by atoms with Crippen LogP contribution in [0.4, 0.5) is 10.1 Å². The first kappa shape index (κ1) is 11.9. The highest BCUT2D eigenvalue weighted by atomic mass is 79.9. The van der Waals surface area contributed by atoms with Gasteiger partial charge in [0.15, 0.2) is 0 Å². The third-order valence-corrected chi connectivity index (χ3v) is 3.92. The van der Waals surface area contributed by atoms with Crippen molar-refractivity contribution in [1.29, 1.82) is 0 Å². The Morgan fingerprint density at radius 3 is 2.75 bits per heavy atom. The molecule has 0 aliphatic rings. The number of nitrogens with one attached hydrogen (secondary N) is 1. The van der Waals surface area contributed by atoms with Crippen LogP contribution < -0.4 is 5.32 Å². The highest BCUT2D eigenvalue weighted by molar-refractivity contribution is 9.10. The van der Waals surface area contributed by atoms with Gasteiger partial charge in [0, 0.05) is 15.9 Å². The molecule has 1 N–H and O–H groups in total. The van der Waals surface area contributed by atoms with E-state index in [0.29, 0.717) is 12.2 Å². The van der Waals surface area contributed by atoms with Gasteiger partial charge in [-0.1, -0.05) is 17.7 Å². The second kappa shape index (κ2) is 5.17. The summed E-state index contributed by atoms with van der Waals surface area (Å²) in [6.45, 7) is 0.566. The van der Waals surface area contributed by atoms with Gasteiger partial charge in [0.25, 0.3) is 0 Å². The molecule has 0 spiro atoms. The van der Waals surface area contributed by atoms with Crippen molar-refractivity contribution in [1.82, 2.24) is 0 Å². The summed E-state index contributed by atoms with van der Waals surface area (Å²) in [5.41, 5.74) is 0.479. The van der Waals surface area contributed by atoms with E-state index in [-0.39, 0.29) is 5.82 Å². The van der Waals surface area contributed by atoms with E-state index in [2.05, 4.69) is 21.2 Å². The van der Waals surface area contributed by atoms with Gasteiger partial charge in [-0.15, -0.1) is 11.3 Å². The van der Waals surface area contributed by atoms with Crippen LogP contribution in [0.25, 0.3) is 0 Å². The molecular weight excluding hydrogens is 313 g/mol. The highest BCUT2D eigenvalue weighted by Crippen LogP contribution is 2.27. The molecule has 0 amide bonds. The van der Waals surface area contributed by atoms with Crippen LogP contribution >= 0.6 is 38.9 Å². The van der Waals surface area contributed by atoms with E-state index in [9.17, 15) is 4.39 Å². The van der Waals surface area contributed by atoms with Crippen molar-refractivity contribution in [2.75, 3.05) is 5.32 Å². The maximum atomic E-state index is 13.4. The lowest BCUT2D eigenvalue weighted by Crippen LogP contribution is -2.00. The van der Waals surface area contributed by atoms with Gasteiger partial charge in [-0.2, -0.15) is 0 Å². The van der Waals surface area contributed by atoms with Gasteiger partial charge < -0.3 is 5.32 Å². The molecule has 0 radical (unpaired) electrons. The second-order valence-corrected chi connectivity index (χ2v) is 5.81. The van der Waals surface area contributed by atoms with Crippen LogP contribution in [-0.4, -0.2) is 0 Å². The largest absolute Gasteiger partial charge is 0.377 e. The maximum Gasteiger partial charge on any atom is 0.147 e. The highest BCUT2D eigenvalue weighted by Gasteiger charge is 2.06. The number of hydrogen-bond acceptors (Lipinski definition) is 2. The van der Waals surface area contributed by atoms with Crippen LogP contribution in [0, 0.1) is 5.82 Å². The molecule has 1 heterocycles. The molecule has 84 valence electrons. The van der Waals surface area contributed by atoms with E-state index >= 15 is 0 Å². The molecule has 16 heavy (non-hydrogen) atoms. The first-order valence-corrected chi connectivity index (χ1v) is 6.57. The zero-order valence-electron chi connectivity index (χ0n) is 8.14. The molecule has 1 aromatic carbocycles. The molecule has 1 aromatic heterocycles. The summed E-state index contributed by atoms with van der Waals surface area (Å²) >= 11 is 10.6. The van der Waals surface area contributed by atoms with Gasteiger partial charge in [0.1, 0.15) is 5.82 Å². The molecule has 0 saturated heterocycles. The predicted molar refractivity (Wildman–Crippen MR) is 70.8 cm³/mol. The van der Waals surface area contributed by atoms with Gasteiger partial charge in [0.2, 0.25) is 0 Å². The van der Waals surface area contributed by atoms with Gasteiger partial charge in [-0.3, -0.25) is 0 Å². The molecule has 0 aliphatic heterocycles. The number of anilines is 1. The van der Waals surface area contributed by atoms with Gasteiger partial charge >= 0.3 is 0 Å². The molecule has 0 aliphatic carbocycles. The van der Waals surface area contributed by atoms with E-state index in [1.165, 1.54) is 17.4 Å². The summed E-state index contributed by atoms with van der Waals surface area (Å²) in [5.74, 6) is -0.267. The topological polar surface area (TPSA) is 12.0 Å². The van der Waals surface area contributed by atoms with Crippen LogP contribution in [0.15, 0.2) is 34.8 Å². The average molecular weight is 321 g/mol. The SMILES string of the molecule is Fc1cccc(Br)c1NCc1ccc(Cl)s1. The standard InChI is InChI=1S/C11H8BrClFNS/c12-8-2-1-3-9(14)11(8)15-6-7-4-5-10(13)16-7/h1-5,15H,6H2. The van der Waals surface area contributed by atoms with E-state index in [1.54, 1.807) is 12.1 Å². The molecule has 0 saturated carbocycles. The third kappa shape index (κ3) is 2.75. The number of para-hydroxylation sites is 1. The van der Waals surface area contributed by atoms with Crippen molar-refractivity contribution in [3.63, 3.8) is 0 Å². The number of thiophene rings is 1. The Bertz CT molecular complexity index is 480. The molecule has 2 rings (SSSR count). The Morgan fingerprint density at radius 2 is 2.12 bits per heavy atom. The van der Waals surface area contributed by atoms with E-state index in [4.69, 9.17) is 11.6 Å². The number of hydrogen-bond donors (Lipinski definition) is 1. The lowest BCUT2D eigenvalue weighted by atomic mass is 10.3. The van der Waals surface area contributed by atoms with Crippen molar-refractivity contribution in [3.8, 4) is 0 Å². The number of benzene rings is 1. The minimum atomic E-state index is -0.267. The zero-order valence-corrected chi connectivity index (χ0v) is 11.3. The van der Waals surface area contributed by atoms with Crippen LogP contribution in [0.3, 0.4) is 0 Å². The fourth-order valence-electron chi connectivity index (χ4n) is 1.29. The first-order chi connectivity index (χ1) is 7.66. The van der Waals surface area contributed by atoms with Crippen LogP contribution in [0.2, 0.25) is 4.34 Å². The lowest BCUT2D eigenvalue weighted by Gasteiger charge is -2.08. The average Bonchev–Trinajstić information content (AvgIpc) is 2.63. The quantitative estimate of drug-likeness (QED) is 0.847. The van der Waals surface area contributed by atoms with E-state index < -0.39 is 0 Å². The maximum absolute atomic E-state index is 13.4. The minimum absolute atomic E-state index is 0.267. The molecule has 5 heteroatoms. The molecule has 0 bridgehead atoms. The van der Waals surface area contributed by atoms with E-state index in [0.717, 1.165) is 13.7 Å². The van der Waals surface area contributed by atoms with Gasteiger partial charge in [-0.05, 0) is 40.2 Å². The van der Waals surface area contributed by atoms with E-state index in [1.807, 2.05) is 12.1 Å². The molecule has 0 atom stereocenters. The fraction of sp³-hybridized carbons (Fsp3) is 0.0909. The number of rotatable bonds is 3. The van der Waals surface area contributed by atoms with Crippen molar-refractivity contribution in [2.45, 2.75) is 6.54 Å². The monoisotopic (exact) mass is 319 g/mol. The van der Waals surface area contributed by atoms with Crippen LogP contribution in [-0.2, 0) is 6.54 Å². The third-order valence-electron chi connectivity index (χ3n) is 2.03. The molecule has 0 unspecified atom stereocenters. The zero-order chi connectivity index (χ0) is 11.5. The Morgan fingerprint density at radius 1 is 1.31 bits per heavy atom. The second-order valence-electron chi connectivity index (χ2n) is 3.16. The van der Waals surface area contributed by atoms with Crippen molar-refractivity contribution in [2.24, 2.45) is 0 Å². The Hall–Kier alpha value is -0.580. The Balaban J connectivity index is 2.10. The summed E-state index contributed by atoms with van der Waals surface area (Å²) in [7, 11) is 0. The van der Waals surface area contributed by atoms with Crippen molar-refractivity contribution < 1.29 is 4.39 Å². The fourth-order valence-corrected chi connectivity index (χ4v) is 2.80. The normalized spacial score (nSPS) is 10.4. The van der Waals surface area contributed by atoms with Gasteiger partial charge in [-0.25, -0.2) is 4.39 Å². The molecule has 0 fully saturated rings. The Kier molecular flexibility index (Phi) is 3.84. The molecule has 2 aromatic rings. The predicted octanol–water partition coefficient (Wildman–Crippen LogP) is 4.92. The Labute approximate surface area is 110 Å². The molecule has 1 nitrogen and oxygen atoms in total. The number of halogens is 3. The molecular formula is C11H8BrClFNS. The minimum Gasteiger partial charge on any atom is -0.377 e. The summed E-state index contributed by atoms with van der Waals surface area (Å²) in [6, 6.07) is 8.64. The van der Waals surface area contributed by atoms with Crippen molar-refractivity contribution >= 4 is 44.6 Å². The lowest BCUT2D eigenvalue weighted by molar-refractivity contribution is 0.629. The van der Waals surface area contributed by atoms with Crippen LogP contribution in [0.5, 0.6) is 0 Å². The smallest absolute Gasteiger partial charge is 0.147 e. The summed E-state index contributed by atoms with van der Waals surface area (Å²) in [5, 5.41) is 3.04. The first-order valence-electron chi connectivity index (χ1n) is 4.59. The summed E-state index contributed by atoms with van der Waals surface area (Å²) < 4.78 is 14.9. The van der Waals surface area contributed by atoms with Crippen LogP contribution in [0.1, 0.15) is 4.88 Å². The van der Waals surface area contributed by atoms with Crippen molar-refractivity contribution in [3.05, 3.63) is 49.8 Å².